The number of ether oxygens (including phenoxy) is 1. The minimum atomic E-state index is 0.400. The van der Waals surface area contributed by atoms with Crippen molar-refractivity contribution in [3.05, 3.63) is 48.0 Å². The van der Waals surface area contributed by atoms with E-state index in [4.69, 9.17) is 10.00 Å². The first-order valence-corrected chi connectivity index (χ1v) is 5.78. The molecule has 1 aromatic heterocycles. The molecule has 18 heavy (non-hydrogen) atoms. The Morgan fingerprint density at radius 2 is 2.22 bits per heavy atom. The van der Waals surface area contributed by atoms with E-state index in [1.165, 1.54) is 0 Å². The zero-order chi connectivity index (χ0) is 13.0. The van der Waals surface area contributed by atoms with Gasteiger partial charge in [0.15, 0.2) is 0 Å². The molecule has 0 amide bonds. The summed E-state index contributed by atoms with van der Waals surface area (Å²) in [4.78, 5) is 4.37. The molecule has 3 nitrogen and oxygen atoms in total. The highest BCUT2D eigenvalue weighted by molar-refractivity contribution is 5.80. The Hall–Kier alpha value is -2.34. The third kappa shape index (κ3) is 2.67. The zero-order valence-electron chi connectivity index (χ0n) is 10.3. The van der Waals surface area contributed by atoms with Crippen LogP contribution in [-0.4, -0.2) is 11.6 Å². The molecule has 0 saturated carbocycles. The van der Waals surface area contributed by atoms with Crippen LogP contribution in [0, 0.1) is 11.3 Å². The number of benzene rings is 1. The molecule has 0 aliphatic rings. The molecule has 0 unspecified atom stereocenters. The number of pyridine rings is 1. The van der Waals surface area contributed by atoms with E-state index in [0.29, 0.717) is 18.1 Å². The summed E-state index contributed by atoms with van der Waals surface area (Å²) >= 11 is 0. The molecule has 1 aromatic carbocycles. The van der Waals surface area contributed by atoms with Crippen molar-refractivity contribution in [3.8, 4) is 11.9 Å². The van der Waals surface area contributed by atoms with E-state index in [2.05, 4.69) is 17.6 Å². The molecule has 0 N–H and O–H groups in total. The van der Waals surface area contributed by atoms with Crippen LogP contribution in [0.25, 0.3) is 10.9 Å². The van der Waals surface area contributed by atoms with Gasteiger partial charge in [-0.2, -0.15) is 5.26 Å². The van der Waals surface area contributed by atoms with Gasteiger partial charge in [-0.25, -0.2) is 4.98 Å². The molecule has 0 fully saturated rings. The van der Waals surface area contributed by atoms with Crippen LogP contribution < -0.4 is 4.74 Å². The largest absolute Gasteiger partial charge is 0.476 e. The van der Waals surface area contributed by atoms with Gasteiger partial charge in [-0.05, 0) is 19.1 Å². The summed E-state index contributed by atoms with van der Waals surface area (Å²) in [5.74, 6) is 0.400. The Morgan fingerprint density at radius 3 is 2.94 bits per heavy atom. The van der Waals surface area contributed by atoms with Crippen molar-refractivity contribution in [2.75, 3.05) is 6.61 Å². The summed E-state index contributed by atoms with van der Waals surface area (Å²) in [5, 5.41) is 10.0. The molecule has 0 atom stereocenters. The highest BCUT2D eigenvalue weighted by Gasteiger charge is 2.07. The Bertz CT molecular complexity index is 626. The smallest absolute Gasteiger partial charge is 0.232 e. The van der Waals surface area contributed by atoms with Crippen molar-refractivity contribution in [1.82, 2.24) is 4.98 Å². The zero-order valence-corrected chi connectivity index (χ0v) is 10.3. The van der Waals surface area contributed by atoms with E-state index in [9.17, 15) is 0 Å². The van der Waals surface area contributed by atoms with E-state index < -0.39 is 0 Å². The lowest BCUT2D eigenvalue weighted by Gasteiger charge is -2.08. The van der Waals surface area contributed by atoms with Crippen LogP contribution in [0.5, 0.6) is 5.88 Å². The van der Waals surface area contributed by atoms with Gasteiger partial charge in [0.05, 0.1) is 12.1 Å². The van der Waals surface area contributed by atoms with Gasteiger partial charge in [0.1, 0.15) is 11.6 Å². The third-order valence-electron chi connectivity index (χ3n) is 2.58. The van der Waals surface area contributed by atoms with E-state index in [0.717, 1.165) is 22.9 Å². The molecule has 0 aliphatic carbocycles. The Balaban J connectivity index is 2.31. The van der Waals surface area contributed by atoms with Crippen molar-refractivity contribution >= 4 is 10.9 Å². The fourth-order valence-corrected chi connectivity index (χ4v) is 1.61. The van der Waals surface area contributed by atoms with Crippen molar-refractivity contribution < 1.29 is 4.74 Å². The second kappa shape index (κ2) is 5.33. The number of nitriles is 1. The Morgan fingerprint density at radius 1 is 1.44 bits per heavy atom. The molecule has 90 valence electrons. The van der Waals surface area contributed by atoms with E-state index in [-0.39, 0.29) is 0 Å². The van der Waals surface area contributed by atoms with Gasteiger partial charge in [0.25, 0.3) is 0 Å². The molecule has 0 bridgehead atoms. The van der Waals surface area contributed by atoms with Crippen LogP contribution in [0.3, 0.4) is 0 Å². The third-order valence-corrected chi connectivity index (χ3v) is 2.58. The number of hydrogen-bond donors (Lipinski definition) is 0. The van der Waals surface area contributed by atoms with Crippen LogP contribution in [-0.2, 0) is 0 Å². The van der Waals surface area contributed by atoms with Gasteiger partial charge < -0.3 is 4.74 Å². The van der Waals surface area contributed by atoms with Gasteiger partial charge >= 0.3 is 0 Å². The Kier molecular flexibility index (Phi) is 3.59. The van der Waals surface area contributed by atoms with Crippen LogP contribution in [0.15, 0.2) is 42.5 Å². The first kappa shape index (κ1) is 12.1. The van der Waals surface area contributed by atoms with Crippen molar-refractivity contribution in [1.29, 1.82) is 5.26 Å². The minimum absolute atomic E-state index is 0.400. The monoisotopic (exact) mass is 238 g/mol. The lowest BCUT2D eigenvalue weighted by Crippen LogP contribution is -2.01. The highest BCUT2D eigenvalue weighted by atomic mass is 16.5. The molecule has 1 heterocycles. The molecule has 0 aliphatic heterocycles. The predicted molar refractivity (Wildman–Crippen MR) is 71.4 cm³/mol. The average molecular weight is 238 g/mol. The predicted octanol–water partition coefficient (Wildman–Crippen LogP) is 3.45. The molecule has 0 saturated heterocycles. The Labute approximate surface area is 106 Å². The van der Waals surface area contributed by atoms with Crippen LogP contribution in [0.1, 0.15) is 18.9 Å². The standard InChI is InChI=1S/C15H14N2O/c1-11(2)7-8-18-15-13(10-16)9-12-5-3-4-6-14(12)17-15/h3-6,9H,1,7-8H2,2H3. The normalized spacial score (nSPS) is 10.0. The molecule has 2 aromatic rings. The van der Waals surface area contributed by atoms with Crippen LogP contribution in [0.4, 0.5) is 0 Å². The fourth-order valence-electron chi connectivity index (χ4n) is 1.61. The topological polar surface area (TPSA) is 45.9 Å². The van der Waals surface area contributed by atoms with Gasteiger partial charge in [-0.15, -0.1) is 6.58 Å². The van der Waals surface area contributed by atoms with Gasteiger partial charge in [0.2, 0.25) is 5.88 Å². The number of para-hydroxylation sites is 1. The van der Waals surface area contributed by atoms with Crippen molar-refractivity contribution in [2.24, 2.45) is 0 Å². The molecule has 0 radical (unpaired) electrons. The summed E-state index contributed by atoms with van der Waals surface area (Å²) in [6.07, 6.45) is 0.763. The van der Waals surface area contributed by atoms with Crippen molar-refractivity contribution in [2.45, 2.75) is 13.3 Å². The number of nitrogens with zero attached hydrogens (tertiary/aromatic N) is 2. The lowest BCUT2D eigenvalue weighted by atomic mass is 10.1. The second-order valence-electron chi connectivity index (χ2n) is 4.20. The maximum absolute atomic E-state index is 9.10. The molecule has 0 spiro atoms. The second-order valence-corrected chi connectivity index (χ2v) is 4.20. The molecule has 2 rings (SSSR count). The number of fused-ring (bicyclic) bond motifs is 1. The summed E-state index contributed by atoms with van der Waals surface area (Å²) in [5.41, 5.74) is 2.35. The van der Waals surface area contributed by atoms with E-state index >= 15 is 0 Å². The molecule has 3 heteroatoms. The fraction of sp³-hybridized carbons (Fsp3) is 0.200. The lowest BCUT2D eigenvalue weighted by molar-refractivity contribution is 0.309. The number of aromatic nitrogens is 1. The van der Waals surface area contributed by atoms with Crippen LogP contribution >= 0.6 is 0 Å². The van der Waals surface area contributed by atoms with E-state index in [1.807, 2.05) is 31.2 Å². The number of rotatable bonds is 4. The first-order valence-electron chi connectivity index (χ1n) is 5.78. The molecular weight excluding hydrogens is 224 g/mol. The summed E-state index contributed by atoms with van der Waals surface area (Å²) < 4.78 is 5.55. The van der Waals surface area contributed by atoms with E-state index in [1.54, 1.807) is 6.07 Å². The van der Waals surface area contributed by atoms with Crippen molar-refractivity contribution in [3.63, 3.8) is 0 Å². The summed E-state index contributed by atoms with van der Waals surface area (Å²) in [6.45, 7) is 6.26. The SMILES string of the molecule is C=C(C)CCOc1nc2ccccc2cc1C#N. The van der Waals surface area contributed by atoms with Gasteiger partial charge in [-0.1, -0.05) is 23.8 Å². The summed E-state index contributed by atoms with van der Waals surface area (Å²) in [7, 11) is 0. The highest BCUT2D eigenvalue weighted by Crippen LogP contribution is 2.21. The van der Waals surface area contributed by atoms with Gasteiger partial charge in [0, 0.05) is 11.8 Å². The van der Waals surface area contributed by atoms with Crippen LogP contribution in [0.2, 0.25) is 0 Å². The number of hydrogen-bond acceptors (Lipinski definition) is 3. The average Bonchev–Trinajstić information content (AvgIpc) is 2.37. The minimum Gasteiger partial charge on any atom is -0.476 e. The maximum atomic E-state index is 9.10. The first-order chi connectivity index (χ1) is 8.70. The maximum Gasteiger partial charge on any atom is 0.232 e. The quantitative estimate of drug-likeness (QED) is 0.766. The molecular formula is C15H14N2O. The van der Waals surface area contributed by atoms with Gasteiger partial charge in [-0.3, -0.25) is 0 Å². The summed E-state index contributed by atoms with van der Waals surface area (Å²) in [6, 6.07) is 11.6.